The number of thiazole rings is 1. The Morgan fingerprint density at radius 2 is 2.19 bits per heavy atom. The minimum absolute atomic E-state index is 0.160. The van der Waals surface area contributed by atoms with Gasteiger partial charge < -0.3 is 14.6 Å². The molecule has 1 amide bonds. The van der Waals surface area contributed by atoms with Crippen LogP contribution in [0.3, 0.4) is 0 Å². The number of rotatable bonds is 2. The van der Waals surface area contributed by atoms with E-state index in [1.165, 1.54) is 0 Å². The Morgan fingerprint density at radius 3 is 3.15 bits per heavy atom. The summed E-state index contributed by atoms with van der Waals surface area (Å²) in [4.78, 5) is 21.2. The monoisotopic (exact) mass is 362 g/mol. The number of nitrogens with one attached hydrogen (secondary N) is 1. The van der Waals surface area contributed by atoms with Gasteiger partial charge in [0.15, 0.2) is 0 Å². The average molecular weight is 362 g/mol. The second-order valence-electron chi connectivity index (χ2n) is 6.02. The second kappa shape index (κ2) is 5.96. The topological polar surface area (TPSA) is 69.0 Å². The summed E-state index contributed by atoms with van der Waals surface area (Å²) in [6.45, 7) is 1.32. The average Bonchev–Trinajstić information content (AvgIpc) is 3.27. The molecule has 3 heterocycles. The Balaban J connectivity index is 1.48. The van der Waals surface area contributed by atoms with Crippen LogP contribution in [0.1, 0.15) is 10.4 Å². The molecule has 5 rings (SSSR count). The minimum Gasteiger partial charge on any atom is -0.491 e. The largest absolute Gasteiger partial charge is 0.491 e. The highest BCUT2D eigenvalue weighted by atomic mass is 32.1. The molecule has 26 heavy (non-hydrogen) atoms. The van der Waals surface area contributed by atoms with Gasteiger partial charge in [0.05, 0.1) is 40.5 Å². The van der Waals surface area contributed by atoms with Crippen LogP contribution in [0.5, 0.6) is 5.75 Å². The highest BCUT2D eigenvalue weighted by Crippen LogP contribution is 2.33. The molecule has 6 nitrogen and oxygen atoms in total. The third-order valence-corrected chi connectivity index (χ3v) is 5.20. The van der Waals surface area contributed by atoms with Crippen molar-refractivity contribution in [3.05, 3.63) is 60.0 Å². The third kappa shape index (κ3) is 2.53. The maximum absolute atomic E-state index is 12.7. The molecule has 0 fully saturated rings. The van der Waals surface area contributed by atoms with E-state index in [-0.39, 0.29) is 5.91 Å². The van der Waals surface area contributed by atoms with E-state index in [2.05, 4.69) is 15.3 Å². The first-order valence-electron chi connectivity index (χ1n) is 8.20. The molecule has 0 spiro atoms. The maximum atomic E-state index is 12.7. The van der Waals surface area contributed by atoms with Gasteiger partial charge in [-0.15, -0.1) is 11.3 Å². The van der Waals surface area contributed by atoms with Gasteiger partial charge in [-0.25, -0.2) is 9.97 Å². The molecule has 2 aromatic carbocycles. The Kier molecular flexibility index (Phi) is 3.46. The lowest BCUT2D eigenvalue weighted by Crippen LogP contribution is -2.12. The molecule has 1 N–H and O–H groups in total. The van der Waals surface area contributed by atoms with E-state index in [0.717, 1.165) is 39.5 Å². The SMILES string of the molecule is O=C(Nc1ccc2ncsc2c1)c1ccc2c(c1)-c1cncn1CCO2. The quantitative estimate of drug-likeness (QED) is 0.589. The summed E-state index contributed by atoms with van der Waals surface area (Å²) in [5.41, 5.74) is 5.90. The smallest absolute Gasteiger partial charge is 0.255 e. The number of nitrogens with zero attached hydrogens (tertiary/aromatic N) is 3. The van der Waals surface area contributed by atoms with Gasteiger partial charge in [-0.3, -0.25) is 4.79 Å². The van der Waals surface area contributed by atoms with Crippen LogP contribution >= 0.6 is 11.3 Å². The maximum Gasteiger partial charge on any atom is 0.255 e. The van der Waals surface area contributed by atoms with Gasteiger partial charge >= 0.3 is 0 Å². The van der Waals surface area contributed by atoms with Crippen LogP contribution in [0.4, 0.5) is 5.69 Å². The van der Waals surface area contributed by atoms with Crippen LogP contribution in [0, 0.1) is 0 Å². The molecular weight excluding hydrogens is 348 g/mol. The van der Waals surface area contributed by atoms with Gasteiger partial charge in [-0.05, 0) is 36.4 Å². The summed E-state index contributed by atoms with van der Waals surface area (Å²) in [7, 11) is 0. The number of aromatic nitrogens is 3. The number of hydrogen-bond acceptors (Lipinski definition) is 5. The van der Waals surface area contributed by atoms with Crippen molar-refractivity contribution in [1.29, 1.82) is 0 Å². The molecular formula is C19H14N4O2S. The van der Waals surface area contributed by atoms with E-state index >= 15 is 0 Å². The first kappa shape index (κ1) is 15.1. The standard InChI is InChI=1S/C19H14N4O2S/c24-19(22-13-2-3-15-18(8-13)26-11-21-15)12-1-4-17-14(7-12)16-9-20-10-23(16)5-6-25-17/h1-4,7-11H,5-6H2,(H,22,24). The molecule has 0 unspecified atom stereocenters. The molecule has 0 atom stereocenters. The number of fused-ring (bicyclic) bond motifs is 4. The second-order valence-corrected chi connectivity index (χ2v) is 6.91. The lowest BCUT2D eigenvalue weighted by atomic mass is 10.1. The van der Waals surface area contributed by atoms with Crippen molar-refractivity contribution in [3.63, 3.8) is 0 Å². The molecule has 7 heteroatoms. The van der Waals surface area contributed by atoms with Crippen molar-refractivity contribution in [2.45, 2.75) is 6.54 Å². The number of ether oxygens (including phenoxy) is 1. The summed E-state index contributed by atoms with van der Waals surface area (Å²) >= 11 is 1.55. The predicted molar refractivity (Wildman–Crippen MR) is 101 cm³/mol. The summed E-state index contributed by atoms with van der Waals surface area (Å²) in [5, 5.41) is 2.96. The lowest BCUT2D eigenvalue weighted by Gasteiger charge is -2.10. The number of carbonyl (C=O) groups is 1. The molecule has 128 valence electrons. The molecule has 0 aliphatic carbocycles. The molecule has 2 aromatic heterocycles. The number of benzene rings is 2. The van der Waals surface area contributed by atoms with E-state index in [1.54, 1.807) is 35.4 Å². The van der Waals surface area contributed by atoms with Crippen molar-refractivity contribution in [2.24, 2.45) is 0 Å². The van der Waals surface area contributed by atoms with Gasteiger partial charge in [0.1, 0.15) is 12.4 Å². The molecule has 0 bridgehead atoms. The Labute approximate surface area is 153 Å². The molecule has 1 aliphatic heterocycles. The number of amides is 1. The van der Waals surface area contributed by atoms with Gasteiger partial charge in [-0.2, -0.15) is 0 Å². The number of carbonyl (C=O) groups excluding carboxylic acids is 1. The Morgan fingerprint density at radius 1 is 1.23 bits per heavy atom. The van der Waals surface area contributed by atoms with E-state index in [9.17, 15) is 4.79 Å². The summed E-state index contributed by atoms with van der Waals surface area (Å²) in [5.74, 6) is 0.610. The van der Waals surface area contributed by atoms with Crippen molar-refractivity contribution in [3.8, 4) is 17.0 Å². The van der Waals surface area contributed by atoms with Crippen LogP contribution < -0.4 is 10.1 Å². The van der Waals surface area contributed by atoms with Gasteiger partial charge in [0.2, 0.25) is 0 Å². The van der Waals surface area contributed by atoms with E-state index < -0.39 is 0 Å². The fraction of sp³-hybridized carbons (Fsp3) is 0.105. The highest BCUT2D eigenvalue weighted by Gasteiger charge is 2.18. The Bertz CT molecular complexity index is 1130. The van der Waals surface area contributed by atoms with Gasteiger partial charge in [0, 0.05) is 16.8 Å². The molecule has 4 aromatic rings. The van der Waals surface area contributed by atoms with Crippen molar-refractivity contribution in [2.75, 3.05) is 11.9 Å². The molecule has 0 radical (unpaired) electrons. The summed E-state index contributed by atoms with van der Waals surface area (Å²) in [6, 6.07) is 11.2. The van der Waals surface area contributed by atoms with Crippen molar-refractivity contribution >= 4 is 33.1 Å². The number of anilines is 1. The number of hydrogen-bond donors (Lipinski definition) is 1. The first-order chi connectivity index (χ1) is 12.8. The fourth-order valence-corrected chi connectivity index (χ4v) is 3.83. The minimum atomic E-state index is -0.160. The van der Waals surface area contributed by atoms with E-state index in [0.29, 0.717) is 12.2 Å². The van der Waals surface area contributed by atoms with Crippen LogP contribution in [-0.4, -0.2) is 27.0 Å². The predicted octanol–water partition coefficient (Wildman–Crippen LogP) is 3.80. The number of imidazole rings is 1. The first-order valence-corrected chi connectivity index (χ1v) is 9.08. The zero-order chi connectivity index (χ0) is 17.5. The Hall–Kier alpha value is -3.19. The van der Waals surface area contributed by atoms with Crippen molar-refractivity contribution < 1.29 is 9.53 Å². The zero-order valence-corrected chi connectivity index (χ0v) is 14.5. The molecule has 1 aliphatic rings. The van der Waals surface area contributed by atoms with E-state index in [1.807, 2.05) is 34.9 Å². The normalized spacial score (nSPS) is 12.8. The molecule has 0 saturated heterocycles. The van der Waals surface area contributed by atoms with Crippen LogP contribution in [0.2, 0.25) is 0 Å². The van der Waals surface area contributed by atoms with Crippen LogP contribution in [0.25, 0.3) is 21.5 Å². The summed E-state index contributed by atoms with van der Waals surface area (Å²) < 4.78 is 8.87. The third-order valence-electron chi connectivity index (χ3n) is 4.41. The molecule has 0 saturated carbocycles. The van der Waals surface area contributed by atoms with Gasteiger partial charge in [-0.1, -0.05) is 0 Å². The van der Waals surface area contributed by atoms with Crippen molar-refractivity contribution in [1.82, 2.24) is 14.5 Å². The van der Waals surface area contributed by atoms with Gasteiger partial charge in [0.25, 0.3) is 5.91 Å². The van der Waals surface area contributed by atoms with Crippen LogP contribution in [0.15, 0.2) is 54.4 Å². The highest BCUT2D eigenvalue weighted by molar-refractivity contribution is 7.16. The summed E-state index contributed by atoms with van der Waals surface area (Å²) in [6.07, 6.45) is 3.58. The van der Waals surface area contributed by atoms with E-state index in [4.69, 9.17) is 4.74 Å². The fourth-order valence-electron chi connectivity index (χ4n) is 3.11. The zero-order valence-electron chi connectivity index (χ0n) is 13.7. The lowest BCUT2D eigenvalue weighted by molar-refractivity contribution is 0.102. The van der Waals surface area contributed by atoms with Crippen LogP contribution in [-0.2, 0) is 6.54 Å².